The number of aryl methyl sites for hydroxylation is 1. The summed E-state index contributed by atoms with van der Waals surface area (Å²) in [5.41, 5.74) is 1.70. The van der Waals surface area contributed by atoms with Crippen molar-refractivity contribution in [1.82, 2.24) is 20.2 Å². The zero-order valence-corrected chi connectivity index (χ0v) is 13.6. The van der Waals surface area contributed by atoms with E-state index in [2.05, 4.69) is 32.0 Å². The van der Waals surface area contributed by atoms with Crippen molar-refractivity contribution in [3.05, 3.63) is 38.8 Å². The number of hydrogen-bond acceptors (Lipinski definition) is 6. The highest BCUT2D eigenvalue weighted by molar-refractivity contribution is 5.64. The van der Waals surface area contributed by atoms with Gasteiger partial charge in [0.15, 0.2) is 0 Å². The van der Waals surface area contributed by atoms with E-state index >= 15 is 0 Å². The summed E-state index contributed by atoms with van der Waals surface area (Å²) >= 11 is 0. The molecule has 0 unspecified atom stereocenters. The molecule has 0 radical (unpaired) electrons. The standard InChI is InChI=1S/C16H19N5O3/c1-9-13(21-5-10-6-24-8-16(10,2)7-21)3-12(20-19-9)11-4-17-15(23)18-14(11)22/h3-4,10H,5-8H2,1-2H3,(H2,17,18,22,23)/t10-,16+/m0/s1. The van der Waals surface area contributed by atoms with Crippen LogP contribution in [-0.2, 0) is 4.74 Å². The van der Waals surface area contributed by atoms with E-state index in [4.69, 9.17) is 4.74 Å². The average molecular weight is 329 g/mol. The first-order valence-corrected chi connectivity index (χ1v) is 7.96. The van der Waals surface area contributed by atoms with Gasteiger partial charge in [0, 0.05) is 30.6 Å². The van der Waals surface area contributed by atoms with Gasteiger partial charge in [-0.05, 0) is 13.0 Å². The molecule has 0 amide bonds. The minimum Gasteiger partial charge on any atom is -0.380 e. The van der Waals surface area contributed by atoms with Crippen LogP contribution in [0.4, 0.5) is 5.69 Å². The predicted octanol–water partition coefficient (Wildman–Crippen LogP) is 0.301. The lowest BCUT2D eigenvalue weighted by atomic mass is 9.83. The molecule has 2 N–H and O–H groups in total. The Balaban J connectivity index is 1.72. The zero-order valence-electron chi connectivity index (χ0n) is 13.6. The second kappa shape index (κ2) is 5.27. The van der Waals surface area contributed by atoms with Crippen LogP contribution in [0.15, 0.2) is 21.9 Å². The van der Waals surface area contributed by atoms with E-state index in [1.807, 2.05) is 13.0 Å². The van der Waals surface area contributed by atoms with E-state index in [1.165, 1.54) is 6.20 Å². The first kappa shape index (κ1) is 15.1. The normalized spacial score (nSPS) is 25.9. The second-order valence-electron chi connectivity index (χ2n) is 6.93. The van der Waals surface area contributed by atoms with Crippen LogP contribution in [0.25, 0.3) is 11.3 Å². The van der Waals surface area contributed by atoms with E-state index in [9.17, 15) is 9.59 Å². The number of nitrogens with zero attached hydrogens (tertiary/aromatic N) is 3. The topological polar surface area (TPSA) is 104 Å². The Labute approximate surface area is 137 Å². The fraction of sp³-hybridized carbons (Fsp3) is 0.500. The van der Waals surface area contributed by atoms with Crippen molar-refractivity contribution < 1.29 is 4.74 Å². The quantitative estimate of drug-likeness (QED) is 0.821. The molecule has 4 rings (SSSR count). The molecule has 126 valence electrons. The van der Waals surface area contributed by atoms with E-state index < -0.39 is 11.2 Å². The Bertz CT molecular complexity index is 905. The molecular weight excluding hydrogens is 310 g/mol. The van der Waals surface area contributed by atoms with Crippen molar-refractivity contribution in [2.75, 3.05) is 31.2 Å². The Morgan fingerprint density at radius 3 is 2.96 bits per heavy atom. The van der Waals surface area contributed by atoms with Gasteiger partial charge in [0.1, 0.15) is 5.69 Å². The van der Waals surface area contributed by atoms with Crippen LogP contribution < -0.4 is 16.1 Å². The highest BCUT2D eigenvalue weighted by atomic mass is 16.5. The van der Waals surface area contributed by atoms with Crippen molar-refractivity contribution in [2.24, 2.45) is 11.3 Å². The third kappa shape index (κ3) is 2.34. The van der Waals surface area contributed by atoms with Crippen LogP contribution in [0.1, 0.15) is 12.6 Å². The number of aromatic amines is 2. The van der Waals surface area contributed by atoms with Gasteiger partial charge in [-0.1, -0.05) is 6.92 Å². The maximum absolute atomic E-state index is 12.0. The summed E-state index contributed by atoms with van der Waals surface area (Å²) in [5, 5.41) is 8.33. The van der Waals surface area contributed by atoms with Gasteiger partial charge < -0.3 is 14.6 Å². The summed E-state index contributed by atoms with van der Waals surface area (Å²) in [4.78, 5) is 30.2. The van der Waals surface area contributed by atoms with Crippen molar-refractivity contribution >= 4 is 5.69 Å². The molecule has 0 aliphatic carbocycles. The molecule has 4 heterocycles. The minimum atomic E-state index is -0.538. The van der Waals surface area contributed by atoms with E-state index in [-0.39, 0.29) is 5.41 Å². The summed E-state index contributed by atoms with van der Waals surface area (Å²) in [7, 11) is 0. The minimum absolute atomic E-state index is 0.158. The molecule has 0 aromatic carbocycles. The van der Waals surface area contributed by atoms with E-state index in [1.54, 1.807) is 0 Å². The lowest BCUT2D eigenvalue weighted by Crippen LogP contribution is -2.28. The summed E-state index contributed by atoms with van der Waals surface area (Å²) in [6, 6.07) is 1.87. The number of rotatable bonds is 2. The summed E-state index contributed by atoms with van der Waals surface area (Å²) in [6.07, 6.45) is 1.37. The van der Waals surface area contributed by atoms with Gasteiger partial charge in [0.25, 0.3) is 5.56 Å². The maximum Gasteiger partial charge on any atom is 0.325 e. The molecule has 2 fully saturated rings. The number of fused-ring (bicyclic) bond motifs is 1. The van der Waals surface area contributed by atoms with Crippen LogP contribution >= 0.6 is 0 Å². The summed E-state index contributed by atoms with van der Waals surface area (Å²) < 4.78 is 5.62. The van der Waals surface area contributed by atoms with E-state index in [0.29, 0.717) is 17.2 Å². The molecule has 2 aromatic rings. The zero-order chi connectivity index (χ0) is 16.9. The molecule has 0 bridgehead atoms. The molecule has 2 saturated heterocycles. The van der Waals surface area contributed by atoms with Crippen LogP contribution in [-0.4, -0.2) is 46.5 Å². The molecule has 2 aromatic heterocycles. The van der Waals surface area contributed by atoms with Gasteiger partial charge in [-0.3, -0.25) is 9.78 Å². The smallest absolute Gasteiger partial charge is 0.325 e. The molecule has 2 aliphatic rings. The van der Waals surface area contributed by atoms with Gasteiger partial charge in [-0.25, -0.2) is 4.79 Å². The first-order chi connectivity index (χ1) is 11.5. The van der Waals surface area contributed by atoms with Gasteiger partial charge in [0.05, 0.1) is 30.2 Å². The molecule has 2 atom stereocenters. The molecule has 24 heavy (non-hydrogen) atoms. The fourth-order valence-corrected chi connectivity index (χ4v) is 3.65. The monoisotopic (exact) mass is 329 g/mol. The SMILES string of the molecule is Cc1nnc(-c2c[nH]c(=O)[nH]c2=O)cc1N1C[C@H]2COC[C@@]2(C)C1. The highest BCUT2D eigenvalue weighted by Gasteiger charge is 2.47. The fourth-order valence-electron chi connectivity index (χ4n) is 3.65. The van der Waals surface area contributed by atoms with Crippen LogP contribution in [0, 0.1) is 18.3 Å². The van der Waals surface area contributed by atoms with Crippen molar-refractivity contribution in [2.45, 2.75) is 13.8 Å². The molecule has 8 heteroatoms. The van der Waals surface area contributed by atoms with Crippen LogP contribution in [0.2, 0.25) is 0 Å². The maximum atomic E-state index is 12.0. The number of hydrogen-bond donors (Lipinski definition) is 2. The lowest BCUT2D eigenvalue weighted by Gasteiger charge is -2.24. The van der Waals surface area contributed by atoms with Gasteiger partial charge >= 0.3 is 5.69 Å². The van der Waals surface area contributed by atoms with Crippen molar-refractivity contribution in [3.63, 3.8) is 0 Å². The van der Waals surface area contributed by atoms with E-state index in [0.717, 1.165) is 37.7 Å². The Hall–Kier alpha value is -2.48. The molecule has 8 nitrogen and oxygen atoms in total. The summed E-state index contributed by atoms with van der Waals surface area (Å²) in [5.74, 6) is 0.505. The molecular formula is C16H19N5O3. The Morgan fingerprint density at radius 1 is 1.38 bits per heavy atom. The van der Waals surface area contributed by atoms with Crippen LogP contribution in [0.3, 0.4) is 0 Å². The third-order valence-corrected chi connectivity index (χ3v) is 5.12. The first-order valence-electron chi connectivity index (χ1n) is 7.96. The van der Waals surface area contributed by atoms with Crippen LogP contribution in [0.5, 0.6) is 0 Å². The molecule has 0 spiro atoms. The highest BCUT2D eigenvalue weighted by Crippen LogP contribution is 2.43. The number of nitrogens with one attached hydrogen (secondary N) is 2. The summed E-state index contributed by atoms with van der Waals surface area (Å²) in [6.45, 7) is 7.53. The average Bonchev–Trinajstić information content (AvgIpc) is 3.03. The number of ether oxygens (including phenoxy) is 1. The molecule has 0 saturated carbocycles. The lowest BCUT2D eigenvalue weighted by molar-refractivity contribution is 0.161. The largest absolute Gasteiger partial charge is 0.380 e. The third-order valence-electron chi connectivity index (χ3n) is 5.12. The number of H-pyrrole nitrogens is 2. The van der Waals surface area contributed by atoms with Gasteiger partial charge in [-0.15, -0.1) is 5.10 Å². The number of aromatic nitrogens is 4. The van der Waals surface area contributed by atoms with Crippen molar-refractivity contribution in [3.8, 4) is 11.3 Å². The molecule has 2 aliphatic heterocycles. The Morgan fingerprint density at radius 2 is 2.21 bits per heavy atom. The second-order valence-corrected chi connectivity index (χ2v) is 6.93. The predicted molar refractivity (Wildman–Crippen MR) is 88.1 cm³/mol. The van der Waals surface area contributed by atoms with Gasteiger partial charge in [-0.2, -0.15) is 5.10 Å². The Kier molecular flexibility index (Phi) is 3.31. The number of anilines is 1. The van der Waals surface area contributed by atoms with Crippen molar-refractivity contribution in [1.29, 1.82) is 0 Å². The van der Waals surface area contributed by atoms with Gasteiger partial charge in [0.2, 0.25) is 0 Å².